The van der Waals surface area contributed by atoms with E-state index < -0.39 is 0 Å². The van der Waals surface area contributed by atoms with E-state index in [2.05, 4.69) is 55.8 Å². The number of hydrogen-bond acceptors (Lipinski definition) is 8. The molecule has 6 rings (SSSR count). The van der Waals surface area contributed by atoms with Gasteiger partial charge in [0, 0.05) is 43.3 Å². The molecule has 4 aromatic heterocycles. The first-order valence-electron chi connectivity index (χ1n) is 12.4. The first kappa shape index (κ1) is 22.4. The third kappa shape index (κ3) is 4.03. The molecule has 1 saturated heterocycles. The SMILES string of the molecule is CC(C)n1cnc2c(NCc3ccccc3-n3ncc4ccncc43)nc(N3CCC(N)CC3)nc21. The van der Waals surface area contributed by atoms with Gasteiger partial charge in [-0.3, -0.25) is 4.98 Å². The number of fused-ring (bicyclic) bond motifs is 2. The van der Waals surface area contributed by atoms with Crippen molar-refractivity contribution in [3.8, 4) is 5.69 Å². The molecule has 1 aliphatic rings. The summed E-state index contributed by atoms with van der Waals surface area (Å²) in [5, 5.41) is 9.24. The molecule has 5 aromatic rings. The molecule has 0 radical (unpaired) electrons. The van der Waals surface area contributed by atoms with Gasteiger partial charge in [0.05, 0.1) is 29.9 Å². The summed E-state index contributed by atoms with van der Waals surface area (Å²) >= 11 is 0. The van der Waals surface area contributed by atoms with Crippen LogP contribution in [0, 0.1) is 0 Å². The monoisotopic (exact) mass is 482 g/mol. The zero-order valence-corrected chi connectivity index (χ0v) is 20.5. The summed E-state index contributed by atoms with van der Waals surface area (Å²) in [5.41, 5.74) is 10.8. The molecule has 0 unspecified atom stereocenters. The molecular formula is C26H30N10. The lowest BCUT2D eigenvalue weighted by atomic mass is 10.1. The molecule has 1 aliphatic heterocycles. The molecule has 0 bridgehead atoms. The van der Waals surface area contributed by atoms with E-state index in [9.17, 15) is 0 Å². The highest BCUT2D eigenvalue weighted by Crippen LogP contribution is 2.27. The predicted molar refractivity (Wildman–Crippen MR) is 141 cm³/mol. The number of imidazole rings is 1. The first-order chi connectivity index (χ1) is 17.6. The molecule has 0 saturated carbocycles. The number of aromatic nitrogens is 7. The highest BCUT2D eigenvalue weighted by Gasteiger charge is 2.22. The summed E-state index contributed by atoms with van der Waals surface area (Å²) in [6.45, 7) is 6.53. The predicted octanol–water partition coefficient (Wildman–Crippen LogP) is 3.68. The summed E-state index contributed by atoms with van der Waals surface area (Å²) in [6.07, 6.45) is 9.22. The number of para-hydroxylation sites is 1. The largest absolute Gasteiger partial charge is 0.364 e. The van der Waals surface area contributed by atoms with Crippen LogP contribution < -0.4 is 16.0 Å². The van der Waals surface area contributed by atoms with Crippen molar-refractivity contribution in [2.45, 2.75) is 45.3 Å². The van der Waals surface area contributed by atoms with Gasteiger partial charge >= 0.3 is 0 Å². The molecule has 3 N–H and O–H groups in total. The molecule has 0 aliphatic carbocycles. The number of nitrogens with zero attached hydrogens (tertiary/aromatic N) is 8. The van der Waals surface area contributed by atoms with E-state index in [0.29, 0.717) is 6.54 Å². The van der Waals surface area contributed by atoms with Crippen LogP contribution in [-0.4, -0.2) is 53.4 Å². The van der Waals surface area contributed by atoms with Crippen molar-refractivity contribution in [1.29, 1.82) is 0 Å². The number of hydrogen-bond donors (Lipinski definition) is 2. The van der Waals surface area contributed by atoms with E-state index in [1.165, 1.54) is 0 Å². The Bertz CT molecular complexity index is 1510. The average molecular weight is 483 g/mol. The second kappa shape index (κ2) is 9.19. The molecular weight excluding hydrogens is 452 g/mol. The number of nitrogens with one attached hydrogen (secondary N) is 1. The van der Waals surface area contributed by atoms with Crippen LogP contribution in [0.5, 0.6) is 0 Å². The summed E-state index contributed by atoms with van der Waals surface area (Å²) < 4.78 is 4.03. The molecule has 0 atom stereocenters. The van der Waals surface area contributed by atoms with E-state index in [4.69, 9.17) is 15.7 Å². The smallest absolute Gasteiger partial charge is 0.229 e. The fourth-order valence-corrected chi connectivity index (χ4v) is 4.75. The van der Waals surface area contributed by atoms with Crippen molar-refractivity contribution in [1.82, 2.24) is 34.3 Å². The summed E-state index contributed by atoms with van der Waals surface area (Å²) in [6, 6.07) is 10.7. The minimum absolute atomic E-state index is 0.239. The third-order valence-electron chi connectivity index (χ3n) is 6.83. The zero-order valence-electron chi connectivity index (χ0n) is 20.5. The van der Waals surface area contributed by atoms with Crippen LogP contribution in [0.3, 0.4) is 0 Å². The Balaban J connectivity index is 1.36. The molecule has 5 heterocycles. The Kier molecular flexibility index (Phi) is 5.73. The molecule has 0 amide bonds. The summed E-state index contributed by atoms with van der Waals surface area (Å²) in [7, 11) is 0. The Morgan fingerprint density at radius 1 is 1.08 bits per heavy atom. The van der Waals surface area contributed by atoms with Gasteiger partial charge < -0.3 is 20.5 Å². The standard InChI is InChI=1S/C26H30N10/c1-17(2)35-16-30-23-24(32-26(33-25(23)35)34-11-8-20(27)9-12-34)29-13-18-5-3-4-6-21(18)36-22-15-28-10-7-19(22)14-31-36/h3-7,10,14-17,20H,8-9,11-13,27H2,1-2H3,(H,29,32,33). The number of pyridine rings is 1. The summed E-state index contributed by atoms with van der Waals surface area (Å²) in [4.78, 5) is 21.0. The van der Waals surface area contributed by atoms with Crippen molar-refractivity contribution >= 4 is 33.8 Å². The van der Waals surface area contributed by atoms with Crippen LogP contribution in [0.2, 0.25) is 0 Å². The van der Waals surface area contributed by atoms with Gasteiger partial charge in [-0.2, -0.15) is 15.1 Å². The van der Waals surface area contributed by atoms with Gasteiger partial charge in [-0.1, -0.05) is 18.2 Å². The fourth-order valence-electron chi connectivity index (χ4n) is 4.75. The number of piperidine rings is 1. The molecule has 10 heteroatoms. The Morgan fingerprint density at radius 3 is 2.75 bits per heavy atom. The fraction of sp³-hybridized carbons (Fsp3) is 0.346. The van der Waals surface area contributed by atoms with Gasteiger partial charge in [0.25, 0.3) is 0 Å². The Hall–Kier alpha value is -4.05. The van der Waals surface area contributed by atoms with Gasteiger partial charge in [-0.25, -0.2) is 9.67 Å². The van der Waals surface area contributed by atoms with E-state index in [1.807, 2.05) is 41.6 Å². The average Bonchev–Trinajstić information content (AvgIpc) is 3.52. The molecule has 10 nitrogen and oxygen atoms in total. The van der Waals surface area contributed by atoms with Crippen LogP contribution >= 0.6 is 0 Å². The van der Waals surface area contributed by atoms with Gasteiger partial charge in [-0.15, -0.1) is 0 Å². The van der Waals surface area contributed by atoms with E-state index in [0.717, 1.165) is 71.0 Å². The first-order valence-corrected chi connectivity index (χ1v) is 12.4. The topological polar surface area (TPSA) is 116 Å². The lowest BCUT2D eigenvalue weighted by molar-refractivity contribution is 0.495. The van der Waals surface area contributed by atoms with E-state index in [-0.39, 0.29) is 12.1 Å². The third-order valence-corrected chi connectivity index (χ3v) is 6.83. The summed E-state index contributed by atoms with van der Waals surface area (Å²) in [5.74, 6) is 1.45. The van der Waals surface area contributed by atoms with E-state index >= 15 is 0 Å². The maximum Gasteiger partial charge on any atom is 0.229 e. The number of benzene rings is 1. The lowest BCUT2D eigenvalue weighted by Gasteiger charge is -2.30. The second-order valence-corrected chi connectivity index (χ2v) is 9.59. The maximum atomic E-state index is 6.14. The highest BCUT2D eigenvalue weighted by molar-refractivity contribution is 5.84. The van der Waals surface area contributed by atoms with Crippen LogP contribution in [0.4, 0.5) is 11.8 Å². The number of anilines is 2. The van der Waals surface area contributed by atoms with E-state index in [1.54, 1.807) is 6.20 Å². The highest BCUT2D eigenvalue weighted by atomic mass is 15.3. The van der Waals surface area contributed by atoms with Crippen molar-refractivity contribution in [2.75, 3.05) is 23.3 Å². The molecule has 36 heavy (non-hydrogen) atoms. The van der Waals surface area contributed by atoms with Crippen LogP contribution in [0.25, 0.3) is 27.8 Å². The van der Waals surface area contributed by atoms with Gasteiger partial charge in [0.2, 0.25) is 5.95 Å². The van der Waals surface area contributed by atoms with Crippen LogP contribution in [0.1, 0.15) is 38.3 Å². The molecule has 184 valence electrons. The maximum absolute atomic E-state index is 6.14. The van der Waals surface area contributed by atoms with Crippen molar-refractivity contribution in [2.24, 2.45) is 5.73 Å². The van der Waals surface area contributed by atoms with Gasteiger partial charge in [0.1, 0.15) is 0 Å². The van der Waals surface area contributed by atoms with Crippen molar-refractivity contribution in [3.05, 3.63) is 60.8 Å². The van der Waals surface area contributed by atoms with Gasteiger partial charge in [0.15, 0.2) is 17.0 Å². The normalized spacial score (nSPS) is 14.8. The van der Waals surface area contributed by atoms with Crippen molar-refractivity contribution < 1.29 is 0 Å². The zero-order chi connectivity index (χ0) is 24.6. The molecule has 1 aromatic carbocycles. The number of nitrogens with two attached hydrogens (primary N) is 1. The molecule has 1 fully saturated rings. The van der Waals surface area contributed by atoms with Crippen LogP contribution in [0.15, 0.2) is 55.2 Å². The minimum atomic E-state index is 0.239. The van der Waals surface area contributed by atoms with Gasteiger partial charge in [-0.05, 0) is 44.4 Å². The van der Waals surface area contributed by atoms with Crippen molar-refractivity contribution in [3.63, 3.8) is 0 Å². The Labute approximate surface area is 209 Å². The second-order valence-electron chi connectivity index (χ2n) is 9.59. The quantitative estimate of drug-likeness (QED) is 0.377. The lowest BCUT2D eigenvalue weighted by Crippen LogP contribution is -2.40. The molecule has 0 spiro atoms. The Morgan fingerprint density at radius 2 is 1.92 bits per heavy atom. The number of rotatable bonds is 6. The van der Waals surface area contributed by atoms with Crippen LogP contribution in [-0.2, 0) is 6.54 Å². The minimum Gasteiger partial charge on any atom is -0.364 e.